The van der Waals surface area contributed by atoms with E-state index in [1.54, 1.807) is 12.3 Å². The summed E-state index contributed by atoms with van der Waals surface area (Å²) in [6.45, 7) is 1.91. The van der Waals surface area contributed by atoms with E-state index in [0.717, 1.165) is 31.5 Å². The van der Waals surface area contributed by atoms with Crippen LogP contribution in [0.25, 0.3) is 11.3 Å². The molecule has 3 rings (SSSR count). The first-order chi connectivity index (χ1) is 8.34. The number of benzene rings is 1. The van der Waals surface area contributed by atoms with Crippen molar-refractivity contribution < 1.29 is 8.81 Å². The van der Waals surface area contributed by atoms with E-state index in [-0.39, 0.29) is 5.82 Å². The third kappa shape index (κ3) is 1.93. The van der Waals surface area contributed by atoms with Gasteiger partial charge < -0.3 is 9.32 Å². The zero-order chi connectivity index (χ0) is 11.7. The fourth-order valence-corrected chi connectivity index (χ4v) is 2.32. The maximum atomic E-state index is 14.0. The van der Waals surface area contributed by atoms with Gasteiger partial charge in [0.25, 0.3) is 0 Å². The van der Waals surface area contributed by atoms with Gasteiger partial charge in [-0.15, -0.1) is 0 Å². The highest BCUT2D eigenvalue weighted by Crippen LogP contribution is 2.28. The van der Waals surface area contributed by atoms with Crippen LogP contribution in [-0.2, 0) is 0 Å². The lowest BCUT2D eigenvalue weighted by molar-refractivity contribution is 0.580. The first kappa shape index (κ1) is 10.4. The lowest BCUT2D eigenvalue weighted by Gasteiger charge is -2.18. The quantitative estimate of drug-likeness (QED) is 0.783. The summed E-state index contributed by atoms with van der Waals surface area (Å²) in [5.41, 5.74) is 1.49. The number of rotatable bonds is 2. The fraction of sp³-hybridized carbons (Fsp3) is 0.286. The van der Waals surface area contributed by atoms with E-state index < -0.39 is 0 Å². The molecule has 0 amide bonds. The molecule has 0 aliphatic carbocycles. The maximum Gasteiger partial charge on any atom is 0.147 e. The molecule has 0 radical (unpaired) electrons. The van der Waals surface area contributed by atoms with E-state index in [1.165, 1.54) is 0 Å². The fourth-order valence-electron chi connectivity index (χ4n) is 2.32. The predicted octanol–water partition coefficient (Wildman–Crippen LogP) is 3.69. The molecular formula is C14H14FNO. The third-order valence-corrected chi connectivity index (χ3v) is 3.20. The van der Waals surface area contributed by atoms with Gasteiger partial charge in [0.1, 0.15) is 11.6 Å². The average molecular weight is 231 g/mol. The van der Waals surface area contributed by atoms with Crippen molar-refractivity contribution >= 4 is 5.69 Å². The lowest BCUT2D eigenvalue weighted by Crippen LogP contribution is -2.18. The summed E-state index contributed by atoms with van der Waals surface area (Å²) in [4.78, 5) is 2.10. The van der Waals surface area contributed by atoms with Crippen molar-refractivity contribution in [1.29, 1.82) is 0 Å². The molecular weight excluding hydrogens is 217 g/mol. The minimum absolute atomic E-state index is 0.166. The standard InChI is InChI=1S/C14H14FNO/c15-12-10-11(14-4-3-9-17-14)5-6-13(12)16-7-1-2-8-16/h3-6,9-10H,1-2,7-8H2. The highest BCUT2D eigenvalue weighted by atomic mass is 19.1. The van der Waals surface area contributed by atoms with Crippen molar-refractivity contribution in [2.45, 2.75) is 12.8 Å². The Bertz CT molecular complexity index is 501. The molecule has 0 N–H and O–H groups in total. The molecule has 88 valence electrons. The van der Waals surface area contributed by atoms with E-state index in [0.29, 0.717) is 11.4 Å². The van der Waals surface area contributed by atoms with Gasteiger partial charge in [-0.05, 0) is 43.2 Å². The summed E-state index contributed by atoms with van der Waals surface area (Å²) >= 11 is 0. The Morgan fingerprint density at radius 3 is 2.59 bits per heavy atom. The number of hydrogen-bond acceptors (Lipinski definition) is 2. The number of furan rings is 1. The number of hydrogen-bond donors (Lipinski definition) is 0. The monoisotopic (exact) mass is 231 g/mol. The Hall–Kier alpha value is -1.77. The molecule has 2 aromatic rings. The van der Waals surface area contributed by atoms with Crippen molar-refractivity contribution in [1.82, 2.24) is 0 Å². The third-order valence-electron chi connectivity index (χ3n) is 3.20. The minimum Gasteiger partial charge on any atom is -0.464 e. The van der Waals surface area contributed by atoms with Crippen LogP contribution in [-0.4, -0.2) is 13.1 Å². The second kappa shape index (κ2) is 4.24. The molecule has 2 nitrogen and oxygen atoms in total. The van der Waals surface area contributed by atoms with Crippen molar-refractivity contribution in [3.63, 3.8) is 0 Å². The molecule has 0 unspecified atom stereocenters. The van der Waals surface area contributed by atoms with Gasteiger partial charge >= 0.3 is 0 Å². The normalized spacial score (nSPS) is 15.5. The lowest BCUT2D eigenvalue weighted by atomic mass is 10.1. The van der Waals surface area contributed by atoms with Crippen molar-refractivity contribution in [2.75, 3.05) is 18.0 Å². The maximum absolute atomic E-state index is 14.0. The smallest absolute Gasteiger partial charge is 0.147 e. The Morgan fingerprint density at radius 1 is 1.12 bits per heavy atom. The van der Waals surface area contributed by atoms with Crippen molar-refractivity contribution in [3.8, 4) is 11.3 Å². The minimum atomic E-state index is -0.166. The van der Waals surface area contributed by atoms with Gasteiger partial charge in [-0.25, -0.2) is 4.39 Å². The van der Waals surface area contributed by atoms with Crippen LogP contribution in [0, 0.1) is 5.82 Å². The van der Waals surface area contributed by atoms with Crippen LogP contribution in [0.3, 0.4) is 0 Å². The van der Waals surface area contributed by atoms with Crippen molar-refractivity contribution in [3.05, 3.63) is 42.4 Å². The first-order valence-corrected chi connectivity index (χ1v) is 5.93. The van der Waals surface area contributed by atoms with Crippen molar-refractivity contribution in [2.24, 2.45) is 0 Å². The average Bonchev–Trinajstić information content (AvgIpc) is 3.02. The number of nitrogens with zero attached hydrogens (tertiary/aromatic N) is 1. The van der Waals surface area contributed by atoms with Gasteiger partial charge in [0.15, 0.2) is 0 Å². The van der Waals surface area contributed by atoms with Crippen LogP contribution in [0.1, 0.15) is 12.8 Å². The SMILES string of the molecule is Fc1cc(-c2ccco2)ccc1N1CCCC1. The molecule has 1 fully saturated rings. The molecule has 0 atom stereocenters. The molecule has 1 saturated heterocycles. The van der Waals surface area contributed by atoms with E-state index in [2.05, 4.69) is 4.90 Å². The summed E-state index contributed by atoms with van der Waals surface area (Å²) in [7, 11) is 0. The summed E-state index contributed by atoms with van der Waals surface area (Å²) < 4.78 is 19.3. The predicted molar refractivity (Wildman–Crippen MR) is 65.5 cm³/mol. The van der Waals surface area contributed by atoms with Crippen LogP contribution < -0.4 is 4.90 Å². The Kier molecular flexibility index (Phi) is 2.59. The van der Waals surface area contributed by atoms with Crippen LogP contribution in [0.2, 0.25) is 0 Å². The molecule has 17 heavy (non-hydrogen) atoms. The van der Waals surface area contributed by atoms with E-state index in [9.17, 15) is 4.39 Å². The van der Waals surface area contributed by atoms with Gasteiger partial charge in [0.2, 0.25) is 0 Å². The van der Waals surface area contributed by atoms with Crippen LogP contribution in [0.4, 0.5) is 10.1 Å². The molecule has 0 spiro atoms. The van der Waals surface area contributed by atoms with Crippen LogP contribution in [0.15, 0.2) is 41.0 Å². The topological polar surface area (TPSA) is 16.4 Å². The molecule has 1 aliphatic heterocycles. The molecule has 2 heterocycles. The summed E-state index contributed by atoms with van der Waals surface area (Å²) in [5, 5.41) is 0. The summed E-state index contributed by atoms with van der Waals surface area (Å²) in [5.74, 6) is 0.540. The van der Waals surface area contributed by atoms with E-state index in [4.69, 9.17) is 4.42 Å². The van der Waals surface area contributed by atoms with Crippen LogP contribution in [0.5, 0.6) is 0 Å². The van der Waals surface area contributed by atoms with Crippen LogP contribution >= 0.6 is 0 Å². The highest BCUT2D eigenvalue weighted by molar-refractivity contribution is 5.62. The van der Waals surface area contributed by atoms with E-state index in [1.807, 2.05) is 24.3 Å². The molecule has 1 aromatic carbocycles. The Labute approximate surface area is 99.7 Å². The summed E-state index contributed by atoms with van der Waals surface area (Å²) in [6, 6.07) is 8.95. The second-order valence-corrected chi connectivity index (χ2v) is 4.34. The van der Waals surface area contributed by atoms with Gasteiger partial charge in [-0.3, -0.25) is 0 Å². The van der Waals surface area contributed by atoms with Gasteiger partial charge in [-0.1, -0.05) is 0 Å². The molecule has 1 aliphatic rings. The van der Waals surface area contributed by atoms with Gasteiger partial charge in [-0.2, -0.15) is 0 Å². The number of halogens is 1. The molecule has 3 heteroatoms. The number of anilines is 1. The zero-order valence-corrected chi connectivity index (χ0v) is 9.53. The van der Waals surface area contributed by atoms with E-state index >= 15 is 0 Å². The van der Waals surface area contributed by atoms with Gasteiger partial charge in [0.05, 0.1) is 12.0 Å². The van der Waals surface area contributed by atoms with Gasteiger partial charge in [0, 0.05) is 18.7 Å². The Balaban J connectivity index is 1.94. The first-order valence-electron chi connectivity index (χ1n) is 5.93. The summed E-state index contributed by atoms with van der Waals surface area (Å²) in [6.07, 6.45) is 3.90. The highest BCUT2D eigenvalue weighted by Gasteiger charge is 2.16. The Morgan fingerprint density at radius 2 is 1.94 bits per heavy atom. The zero-order valence-electron chi connectivity index (χ0n) is 9.53. The molecule has 0 bridgehead atoms. The molecule has 0 saturated carbocycles. The largest absolute Gasteiger partial charge is 0.464 e. The second-order valence-electron chi connectivity index (χ2n) is 4.34. The molecule has 1 aromatic heterocycles.